The van der Waals surface area contributed by atoms with Crippen LogP contribution in [0.5, 0.6) is 0 Å². The molecule has 2 N–H and O–H groups in total. The lowest BCUT2D eigenvalue weighted by molar-refractivity contribution is 0.544. The van der Waals surface area contributed by atoms with E-state index in [0.29, 0.717) is 12.6 Å². The van der Waals surface area contributed by atoms with E-state index in [2.05, 4.69) is 10.0 Å². The molecule has 0 aliphatic heterocycles. The second kappa shape index (κ2) is 6.03. The molecule has 1 aromatic rings. The van der Waals surface area contributed by atoms with Crippen molar-refractivity contribution in [3.05, 3.63) is 35.9 Å². The van der Waals surface area contributed by atoms with E-state index in [-0.39, 0.29) is 6.04 Å². The molecule has 1 aromatic carbocycles. The molecule has 106 valence electrons. The van der Waals surface area contributed by atoms with Crippen LogP contribution in [0.3, 0.4) is 0 Å². The molecule has 0 radical (unpaired) electrons. The zero-order chi connectivity index (χ0) is 13.9. The van der Waals surface area contributed by atoms with Gasteiger partial charge in [0.25, 0.3) is 0 Å². The van der Waals surface area contributed by atoms with E-state index in [1.165, 1.54) is 12.8 Å². The first-order valence-corrected chi connectivity index (χ1v) is 8.33. The molecule has 0 bridgehead atoms. The number of hydrogen-bond acceptors (Lipinski definition) is 3. The number of benzene rings is 1. The molecule has 4 nitrogen and oxygen atoms in total. The average molecular weight is 282 g/mol. The highest BCUT2D eigenvalue weighted by atomic mass is 32.2. The van der Waals surface area contributed by atoms with E-state index < -0.39 is 15.3 Å². The van der Waals surface area contributed by atoms with Crippen molar-refractivity contribution < 1.29 is 8.42 Å². The largest absolute Gasteiger partial charge is 0.313 e. The molecule has 2 atom stereocenters. The van der Waals surface area contributed by atoms with Crippen LogP contribution in [-0.4, -0.2) is 26.3 Å². The Hall–Kier alpha value is -0.910. The lowest BCUT2D eigenvalue weighted by Crippen LogP contribution is -2.40. The summed E-state index contributed by atoms with van der Waals surface area (Å²) in [6, 6.07) is 9.95. The van der Waals surface area contributed by atoms with Crippen LogP contribution >= 0.6 is 0 Å². The Labute approximate surface area is 115 Å². The van der Waals surface area contributed by atoms with E-state index >= 15 is 0 Å². The minimum absolute atomic E-state index is 0.199. The Morgan fingerprint density at radius 3 is 2.42 bits per heavy atom. The second-order valence-electron chi connectivity index (χ2n) is 5.29. The summed E-state index contributed by atoms with van der Waals surface area (Å²) in [5.74, 6) is 0. The third-order valence-electron chi connectivity index (χ3n) is 3.44. The van der Waals surface area contributed by atoms with Gasteiger partial charge in [0.2, 0.25) is 10.0 Å². The van der Waals surface area contributed by atoms with E-state index in [4.69, 9.17) is 0 Å². The van der Waals surface area contributed by atoms with Crippen LogP contribution < -0.4 is 10.0 Å². The molecule has 2 unspecified atom stereocenters. The summed E-state index contributed by atoms with van der Waals surface area (Å²) in [5.41, 5.74) is 0.980. The Balaban J connectivity index is 1.91. The van der Waals surface area contributed by atoms with Gasteiger partial charge in [0.1, 0.15) is 0 Å². The van der Waals surface area contributed by atoms with Crippen LogP contribution in [0.1, 0.15) is 38.3 Å². The maximum Gasteiger partial charge on any atom is 0.216 e. The SMILES string of the molecule is CC(NS(=O)(=O)C(C)CNC1CC1)c1ccccc1. The molecule has 19 heavy (non-hydrogen) atoms. The fourth-order valence-corrected chi connectivity index (χ4v) is 3.08. The first-order valence-electron chi connectivity index (χ1n) is 6.78. The van der Waals surface area contributed by atoms with Gasteiger partial charge in [-0.2, -0.15) is 0 Å². The van der Waals surface area contributed by atoms with Crippen LogP contribution in [0.4, 0.5) is 0 Å². The first kappa shape index (κ1) is 14.5. The van der Waals surface area contributed by atoms with E-state index in [0.717, 1.165) is 5.56 Å². The van der Waals surface area contributed by atoms with Crippen LogP contribution in [0, 0.1) is 0 Å². The van der Waals surface area contributed by atoms with Crippen molar-refractivity contribution in [2.24, 2.45) is 0 Å². The lowest BCUT2D eigenvalue weighted by Gasteiger charge is -2.19. The molecule has 1 aliphatic rings. The fraction of sp³-hybridized carbons (Fsp3) is 0.571. The third-order valence-corrected chi connectivity index (χ3v) is 5.35. The minimum atomic E-state index is -3.29. The quantitative estimate of drug-likeness (QED) is 0.802. The summed E-state index contributed by atoms with van der Waals surface area (Å²) in [6.45, 7) is 4.13. The van der Waals surface area contributed by atoms with Gasteiger partial charge in [-0.3, -0.25) is 0 Å². The Kier molecular flexibility index (Phi) is 4.60. The number of sulfonamides is 1. The van der Waals surface area contributed by atoms with Gasteiger partial charge in [-0.1, -0.05) is 30.3 Å². The van der Waals surface area contributed by atoms with Gasteiger partial charge in [0, 0.05) is 18.6 Å². The maximum atomic E-state index is 12.2. The molecular weight excluding hydrogens is 260 g/mol. The lowest BCUT2D eigenvalue weighted by atomic mass is 10.1. The van der Waals surface area contributed by atoms with Gasteiger partial charge >= 0.3 is 0 Å². The van der Waals surface area contributed by atoms with Crippen molar-refractivity contribution in [2.75, 3.05) is 6.54 Å². The van der Waals surface area contributed by atoms with E-state index in [1.54, 1.807) is 6.92 Å². The Morgan fingerprint density at radius 2 is 1.84 bits per heavy atom. The van der Waals surface area contributed by atoms with Crippen LogP contribution in [0.15, 0.2) is 30.3 Å². The zero-order valence-corrected chi connectivity index (χ0v) is 12.3. The predicted octanol–water partition coefficient (Wildman–Crippen LogP) is 1.81. The predicted molar refractivity (Wildman–Crippen MR) is 77.4 cm³/mol. The number of nitrogens with one attached hydrogen (secondary N) is 2. The molecule has 0 aromatic heterocycles. The molecular formula is C14H22N2O2S. The normalized spacial score (nSPS) is 19.1. The van der Waals surface area contributed by atoms with Crippen molar-refractivity contribution in [1.82, 2.24) is 10.0 Å². The summed E-state index contributed by atoms with van der Waals surface area (Å²) in [5, 5.41) is 2.84. The third kappa shape index (κ3) is 4.30. The highest BCUT2D eigenvalue weighted by molar-refractivity contribution is 7.90. The van der Waals surface area contributed by atoms with E-state index in [1.807, 2.05) is 37.3 Å². The smallest absolute Gasteiger partial charge is 0.216 e. The van der Waals surface area contributed by atoms with Crippen molar-refractivity contribution in [3.63, 3.8) is 0 Å². The van der Waals surface area contributed by atoms with Crippen molar-refractivity contribution in [3.8, 4) is 0 Å². The molecule has 1 saturated carbocycles. The van der Waals surface area contributed by atoms with Gasteiger partial charge in [-0.15, -0.1) is 0 Å². The molecule has 0 spiro atoms. The molecule has 1 aliphatic carbocycles. The van der Waals surface area contributed by atoms with Gasteiger partial charge in [0.05, 0.1) is 5.25 Å². The summed E-state index contributed by atoms with van der Waals surface area (Å²) < 4.78 is 27.1. The van der Waals surface area contributed by atoms with Crippen molar-refractivity contribution in [1.29, 1.82) is 0 Å². The van der Waals surface area contributed by atoms with Crippen molar-refractivity contribution in [2.45, 2.75) is 44.0 Å². The van der Waals surface area contributed by atoms with Crippen LogP contribution in [-0.2, 0) is 10.0 Å². The van der Waals surface area contributed by atoms with Crippen molar-refractivity contribution >= 4 is 10.0 Å². The molecule has 0 heterocycles. The second-order valence-corrected chi connectivity index (χ2v) is 7.42. The standard InChI is InChI=1S/C14H22N2O2S/c1-11(10-15-14-8-9-14)19(17,18)16-12(2)13-6-4-3-5-7-13/h3-7,11-12,14-16H,8-10H2,1-2H3. The van der Waals surface area contributed by atoms with Crippen LogP contribution in [0.2, 0.25) is 0 Å². The first-order chi connectivity index (χ1) is 8.99. The van der Waals surface area contributed by atoms with Gasteiger partial charge in [0.15, 0.2) is 0 Å². The Bertz CT molecular complexity index is 497. The summed E-state index contributed by atoms with van der Waals surface area (Å²) in [6.07, 6.45) is 2.33. The summed E-state index contributed by atoms with van der Waals surface area (Å²) in [7, 11) is -3.29. The molecule has 1 fully saturated rings. The van der Waals surface area contributed by atoms with Crippen LogP contribution in [0.25, 0.3) is 0 Å². The fourth-order valence-electron chi connectivity index (χ4n) is 1.90. The topological polar surface area (TPSA) is 58.2 Å². The summed E-state index contributed by atoms with van der Waals surface area (Å²) in [4.78, 5) is 0. The van der Waals surface area contributed by atoms with Gasteiger partial charge in [-0.25, -0.2) is 13.1 Å². The molecule has 0 amide bonds. The Morgan fingerprint density at radius 1 is 1.21 bits per heavy atom. The highest BCUT2D eigenvalue weighted by Crippen LogP contribution is 2.19. The minimum Gasteiger partial charge on any atom is -0.313 e. The summed E-state index contributed by atoms with van der Waals surface area (Å²) >= 11 is 0. The average Bonchev–Trinajstić information content (AvgIpc) is 3.20. The van der Waals surface area contributed by atoms with Gasteiger partial charge < -0.3 is 5.32 Å². The molecule has 2 rings (SSSR count). The maximum absolute atomic E-state index is 12.2. The highest BCUT2D eigenvalue weighted by Gasteiger charge is 2.26. The zero-order valence-electron chi connectivity index (χ0n) is 11.5. The van der Waals surface area contributed by atoms with E-state index in [9.17, 15) is 8.42 Å². The number of rotatable bonds is 7. The monoisotopic (exact) mass is 282 g/mol. The molecule has 0 saturated heterocycles. The molecule has 5 heteroatoms. The van der Waals surface area contributed by atoms with Gasteiger partial charge in [-0.05, 0) is 32.3 Å². The number of hydrogen-bond donors (Lipinski definition) is 2.